The first kappa shape index (κ1) is 14.7. The van der Waals surface area contributed by atoms with Crippen molar-refractivity contribution in [3.63, 3.8) is 0 Å². The maximum absolute atomic E-state index is 12.3. The molecule has 2 atom stereocenters. The lowest BCUT2D eigenvalue weighted by Gasteiger charge is -2.23. The lowest BCUT2D eigenvalue weighted by molar-refractivity contribution is 0.0685. The number of hydrogen-bond donors (Lipinski definition) is 1. The first-order valence-electron chi connectivity index (χ1n) is 6.36. The fourth-order valence-electron chi connectivity index (χ4n) is 2.61. The number of carbonyl (C=O) groups excluding carboxylic acids is 1. The minimum Gasteiger partial charge on any atom is -0.393 e. The second kappa shape index (κ2) is 5.73. The highest BCUT2D eigenvalue weighted by molar-refractivity contribution is 6.41. The molecule has 1 aliphatic carbocycles. The number of hydrogen-bond acceptors (Lipinski definition) is 2. The zero-order chi connectivity index (χ0) is 14.2. The molecule has 0 saturated heterocycles. The molecule has 1 saturated carbocycles. The smallest absolute Gasteiger partial charge is 0.270 e. The van der Waals surface area contributed by atoms with Gasteiger partial charge in [-0.25, -0.2) is 0 Å². The number of carbonyl (C=O) groups is 1. The molecule has 0 spiro atoms. The number of halogens is 2. The lowest BCUT2D eigenvalue weighted by Crippen LogP contribution is -2.35. The molecule has 4 nitrogen and oxygen atoms in total. The third kappa shape index (κ3) is 2.91. The van der Waals surface area contributed by atoms with Gasteiger partial charge in [0.25, 0.3) is 5.91 Å². The van der Waals surface area contributed by atoms with Crippen LogP contribution < -0.4 is 0 Å². The second-order valence-corrected chi connectivity index (χ2v) is 5.94. The largest absolute Gasteiger partial charge is 0.393 e. The number of nitrogens with zero attached hydrogens (tertiary/aromatic N) is 2. The molecule has 2 rings (SSSR count). The van der Waals surface area contributed by atoms with E-state index in [0.717, 1.165) is 19.3 Å². The van der Waals surface area contributed by atoms with E-state index in [-0.39, 0.29) is 17.9 Å². The van der Waals surface area contributed by atoms with Crippen molar-refractivity contribution in [2.45, 2.75) is 25.4 Å². The van der Waals surface area contributed by atoms with E-state index >= 15 is 0 Å². The molecule has 1 aromatic heterocycles. The maximum atomic E-state index is 12.3. The molecule has 1 aliphatic rings. The van der Waals surface area contributed by atoms with Crippen molar-refractivity contribution < 1.29 is 9.90 Å². The van der Waals surface area contributed by atoms with E-state index in [1.54, 1.807) is 29.6 Å². The highest BCUT2D eigenvalue weighted by atomic mass is 35.5. The third-order valence-corrected chi connectivity index (χ3v) is 4.65. The molecule has 2 unspecified atom stereocenters. The van der Waals surface area contributed by atoms with Crippen LogP contribution in [-0.4, -0.2) is 40.2 Å². The van der Waals surface area contributed by atoms with Gasteiger partial charge in [-0.2, -0.15) is 0 Å². The van der Waals surface area contributed by atoms with Gasteiger partial charge in [0.2, 0.25) is 0 Å². The van der Waals surface area contributed by atoms with Crippen LogP contribution in [0.2, 0.25) is 10.2 Å². The monoisotopic (exact) mass is 304 g/mol. The van der Waals surface area contributed by atoms with Crippen LogP contribution in [0.15, 0.2) is 6.07 Å². The summed E-state index contributed by atoms with van der Waals surface area (Å²) in [5.41, 5.74) is 0.463. The highest BCUT2D eigenvalue weighted by Gasteiger charge is 2.28. The average molecular weight is 305 g/mol. The van der Waals surface area contributed by atoms with Crippen molar-refractivity contribution >= 4 is 29.1 Å². The number of aliphatic hydroxyl groups excluding tert-OH is 1. The van der Waals surface area contributed by atoms with Crippen LogP contribution in [0, 0.1) is 5.92 Å². The van der Waals surface area contributed by atoms with E-state index < -0.39 is 0 Å². The molecular formula is C13H18Cl2N2O2. The Hall–Kier alpha value is -0.710. The van der Waals surface area contributed by atoms with E-state index in [9.17, 15) is 9.90 Å². The topological polar surface area (TPSA) is 45.5 Å². The SMILES string of the molecule is CN(CC1CCCC1O)C(=O)c1cc(Cl)c(Cl)n1C. The Kier molecular flexibility index (Phi) is 4.43. The summed E-state index contributed by atoms with van der Waals surface area (Å²) < 4.78 is 1.58. The Labute approximate surface area is 122 Å². The van der Waals surface area contributed by atoms with Gasteiger partial charge in [0.05, 0.1) is 11.1 Å². The molecule has 0 bridgehead atoms. The minimum atomic E-state index is -0.296. The number of rotatable bonds is 3. The lowest BCUT2D eigenvalue weighted by atomic mass is 10.1. The predicted octanol–water partition coefficient (Wildman–Crippen LogP) is 2.56. The third-order valence-electron chi connectivity index (χ3n) is 3.81. The Bertz CT molecular complexity index is 487. The van der Waals surface area contributed by atoms with Crippen molar-refractivity contribution in [1.82, 2.24) is 9.47 Å². The highest BCUT2D eigenvalue weighted by Crippen LogP contribution is 2.28. The number of aliphatic hydroxyl groups is 1. The van der Waals surface area contributed by atoms with Gasteiger partial charge >= 0.3 is 0 Å². The molecular weight excluding hydrogens is 287 g/mol. The second-order valence-electron chi connectivity index (χ2n) is 5.17. The van der Waals surface area contributed by atoms with Crippen LogP contribution in [0.3, 0.4) is 0 Å². The van der Waals surface area contributed by atoms with Gasteiger partial charge in [0, 0.05) is 26.6 Å². The zero-order valence-corrected chi connectivity index (χ0v) is 12.6. The van der Waals surface area contributed by atoms with E-state index in [2.05, 4.69) is 0 Å². The van der Waals surface area contributed by atoms with Gasteiger partial charge in [0.1, 0.15) is 10.8 Å². The minimum absolute atomic E-state index is 0.129. The van der Waals surface area contributed by atoms with Gasteiger partial charge in [-0.15, -0.1) is 0 Å². The van der Waals surface area contributed by atoms with Gasteiger partial charge < -0.3 is 14.6 Å². The quantitative estimate of drug-likeness (QED) is 0.933. The van der Waals surface area contributed by atoms with E-state index in [1.165, 1.54) is 0 Å². The average Bonchev–Trinajstić information content (AvgIpc) is 2.88. The summed E-state index contributed by atoms with van der Waals surface area (Å²) in [7, 11) is 3.45. The molecule has 106 valence electrons. The molecule has 1 aromatic rings. The fourth-order valence-corrected chi connectivity index (χ4v) is 2.98. The first-order valence-corrected chi connectivity index (χ1v) is 7.11. The molecule has 0 radical (unpaired) electrons. The zero-order valence-electron chi connectivity index (χ0n) is 11.1. The van der Waals surface area contributed by atoms with Gasteiger partial charge in [-0.1, -0.05) is 29.6 Å². The Morgan fingerprint density at radius 1 is 1.53 bits per heavy atom. The molecule has 1 heterocycles. The number of amides is 1. The van der Waals surface area contributed by atoms with Crippen molar-refractivity contribution in [3.8, 4) is 0 Å². The fraction of sp³-hybridized carbons (Fsp3) is 0.615. The Morgan fingerprint density at radius 2 is 2.21 bits per heavy atom. The molecule has 19 heavy (non-hydrogen) atoms. The van der Waals surface area contributed by atoms with Crippen LogP contribution in [0.25, 0.3) is 0 Å². The first-order chi connectivity index (χ1) is 8.91. The number of aromatic nitrogens is 1. The standard InChI is InChI=1S/C13H18Cl2N2O2/c1-16(7-8-4-3-5-11(8)18)13(19)10-6-9(14)12(15)17(10)2/h6,8,11,18H,3-5,7H2,1-2H3. The van der Waals surface area contributed by atoms with E-state index in [4.69, 9.17) is 23.2 Å². The molecule has 1 N–H and O–H groups in total. The van der Waals surface area contributed by atoms with Gasteiger partial charge in [-0.05, 0) is 18.9 Å². The summed E-state index contributed by atoms with van der Waals surface area (Å²) in [4.78, 5) is 14.0. The summed E-state index contributed by atoms with van der Waals surface area (Å²) in [5, 5.41) is 10.5. The summed E-state index contributed by atoms with van der Waals surface area (Å²) in [5.74, 6) is 0.0376. The summed E-state index contributed by atoms with van der Waals surface area (Å²) >= 11 is 11.9. The van der Waals surface area contributed by atoms with Crippen LogP contribution in [0.1, 0.15) is 29.8 Å². The Balaban J connectivity index is 2.08. The normalized spacial score (nSPS) is 22.8. The van der Waals surface area contributed by atoms with Crippen molar-refractivity contribution in [2.24, 2.45) is 13.0 Å². The molecule has 1 amide bonds. The van der Waals surface area contributed by atoms with Gasteiger partial charge in [-0.3, -0.25) is 4.79 Å². The summed E-state index contributed by atoms with van der Waals surface area (Å²) in [6, 6.07) is 1.58. The summed E-state index contributed by atoms with van der Waals surface area (Å²) in [6.45, 7) is 0.556. The molecule has 6 heteroatoms. The van der Waals surface area contributed by atoms with Gasteiger partial charge in [0.15, 0.2) is 0 Å². The van der Waals surface area contributed by atoms with Crippen LogP contribution >= 0.6 is 23.2 Å². The predicted molar refractivity (Wildman–Crippen MR) is 75.7 cm³/mol. The van der Waals surface area contributed by atoms with Crippen LogP contribution in [-0.2, 0) is 7.05 Å². The summed E-state index contributed by atoms with van der Waals surface area (Å²) in [6.07, 6.45) is 2.52. The van der Waals surface area contributed by atoms with Crippen LogP contribution in [0.4, 0.5) is 0 Å². The molecule has 0 aliphatic heterocycles. The molecule has 0 aromatic carbocycles. The molecule has 1 fully saturated rings. The maximum Gasteiger partial charge on any atom is 0.270 e. The van der Waals surface area contributed by atoms with Crippen molar-refractivity contribution in [1.29, 1.82) is 0 Å². The van der Waals surface area contributed by atoms with Crippen molar-refractivity contribution in [3.05, 3.63) is 21.9 Å². The van der Waals surface area contributed by atoms with E-state index in [1.807, 2.05) is 0 Å². The van der Waals surface area contributed by atoms with Crippen LogP contribution in [0.5, 0.6) is 0 Å². The van der Waals surface area contributed by atoms with E-state index in [0.29, 0.717) is 22.4 Å². The van der Waals surface area contributed by atoms with Crippen molar-refractivity contribution in [2.75, 3.05) is 13.6 Å². The Morgan fingerprint density at radius 3 is 2.68 bits per heavy atom.